The molecule has 72 valence electrons. The minimum Gasteiger partial charge on any atom is -0.506 e. The van der Waals surface area contributed by atoms with E-state index in [0.29, 0.717) is 23.1 Å². The number of anilines is 1. The minimum atomic E-state index is -0.824. The molecule has 14 heavy (non-hydrogen) atoms. The van der Waals surface area contributed by atoms with Gasteiger partial charge in [-0.15, -0.1) is 0 Å². The Morgan fingerprint density at radius 2 is 2.21 bits per heavy atom. The highest BCUT2D eigenvalue weighted by Crippen LogP contribution is 2.33. The maximum Gasteiger partial charge on any atom is 0.150 e. The van der Waals surface area contributed by atoms with Gasteiger partial charge in [0, 0.05) is 11.1 Å². The summed E-state index contributed by atoms with van der Waals surface area (Å²) in [4.78, 5) is 10.7. The fourth-order valence-corrected chi connectivity index (χ4v) is 1.44. The lowest BCUT2D eigenvalue weighted by molar-refractivity contribution is 0.112. The van der Waals surface area contributed by atoms with Crippen LogP contribution >= 0.6 is 0 Å². The fraction of sp³-hybridized carbons (Fsp3) is 0.100. The number of aromatic hydroxyl groups is 1. The minimum absolute atomic E-state index is 0.0222. The number of aliphatic hydroxyl groups excluding tert-OH is 1. The monoisotopic (exact) mass is 191 g/mol. The molecule has 0 spiro atoms. The van der Waals surface area contributed by atoms with Crippen molar-refractivity contribution in [1.82, 2.24) is 0 Å². The van der Waals surface area contributed by atoms with E-state index in [1.54, 1.807) is 6.08 Å². The quantitative estimate of drug-likeness (QED) is 0.457. The molecule has 1 unspecified atom stereocenters. The molecular formula is C10H9NO3. The largest absolute Gasteiger partial charge is 0.506 e. The van der Waals surface area contributed by atoms with E-state index < -0.39 is 6.23 Å². The molecule has 2 rings (SSSR count). The van der Waals surface area contributed by atoms with E-state index in [0.717, 1.165) is 0 Å². The molecule has 0 radical (unpaired) electrons. The smallest absolute Gasteiger partial charge is 0.150 e. The molecule has 0 fully saturated rings. The third-order valence-electron chi connectivity index (χ3n) is 2.12. The Bertz CT molecular complexity index is 412. The first kappa shape index (κ1) is 8.77. The SMILES string of the molecule is O=Cc1ccc(O)c2c1C=CC(O)N2. The Morgan fingerprint density at radius 1 is 1.43 bits per heavy atom. The molecule has 0 bridgehead atoms. The third kappa shape index (κ3) is 1.25. The van der Waals surface area contributed by atoms with Crippen LogP contribution in [0.25, 0.3) is 6.08 Å². The van der Waals surface area contributed by atoms with Gasteiger partial charge in [-0.25, -0.2) is 0 Å². The molecule has 0 saturated heterocycles. The summed E-state index contributed by atoms with van der Waals surface area (Å²) in [6, 6.07) is 2.95. The first-order valence-electron chi connectivity index (χ1n) is 4.16. The van der Waals surface area contributed by atoms with Gasteiger partial charge < -0.3 is 15.5 Å². The lowest BCUT2D eigenvalue weighted by Crippen LogP contribution is -2.19. The Labute approximate surface area is 80.5 Å². The zero-order valence-corrected chi connectivity index (χ0v) is 7.27. The Morgan fingerprint density at radius 3 is 2.93 bits per heavy atom. The van der Waals surface area contributed by atoms with Crippen LogP contribution in [0.2, 0.25) is 0 Å². The van der Waals surface area contributed by atoms with Gasteiger partial charge in [-0.05, 0) is 18.2 Å². The summed E-state index contributed by atoms with van der Waals surface area (Å²) in [5.74, 6) is 0.0222. The highest BCUT2D eigenvalue weighted by molar-refractivity contribution is 5.90. The molecule has 0 aromatic heterocycles. The first-order valence-corrected chi connectivity index (χ1v) is 4.16. The lowest BCUT2D eigenvalue weighted by atomic mass is 10.0. The number of rotatable bonds is 1. The molecule has 1 atom stereocenters. The summed E-state index contributed by atoms with van der Waals surface area (Å²) in [7, 11) is 0. The first-order chi connectivity index (χ1) is 6.72. The zero-order valence-electron chi connectivity index (χ0n) is 7.27. The number of benzene rings is 1. The maximum absolute atomic E-state index is 10.7. The van der Waals surface area contributed by atoms with Crippen LogP contribution in [-0.2, 0) is 0 Å². The Hall–Kier alpha value is -1.81. The van der Waals surface area contributed by atoms with E-state index in [1.165, 1.54) is 18.2 Å². The maximum atomic E-state index is 10.7. The Balaban J connectivity index is 2.63. The van der Waals surface area contributed by atoms with Crippen LogP contribution in [0.15, 0.2) is 18.2 Å². The van der Waals surface area contributed by atoms with Crippen LogP contribution in [0.1, 0.15) is 15.9 Å². The molecular weight excluding hydrogens is 182 g/mol. The second kappa shape index (κ2) is 3.16. The van der Waals surface area contributed by atoms with Crippen LogP contribution in [0, 0.1) is 0 Å². The number of fused-ring (bicyclic) bond motifs is 1. The predicted octanol–water partition coefficient (Wildman–Crippen LogP) is 0.962. The molecule has 1 aliphatic rings. The second-order valence-corrected chi connectivity index (χ2v) is 3.03. The number of hydrogen-bond acceptors (Lipinski definition) is 4. The van der Waals surface area contributed by atoms with E-state index in [1.807, 2.05) is 0 Å². The van der Waals surface area contributed by atoms with Gasteiger partial charge in [0.15, 0.2) is 6.29 Å². The molecule has 0 amide bonds. The average molecular weight is 191 g/mol. The number of aliphatic hydroxyl groups is 1. The normalized spacial score (nSPS) is 18.5. The number of carbonyl (C=O) groups is 1. The van der Waals surface area contributed by atoms with Crippen molar-refractivity contribution in [3.63, 3.8) is 0 Å². The van der Waals surface area contributed by atoms with Gasteiger partial charge in [0.1, 0.15) is 12.0 Å². The number of aldehydes is 1. The summed E-state index contributed by atoms with van der Waals surface area (Å²) in [5.41, 5.74) is 1.48. The van der Waals surface area contributed by atoms with Gasteiger partial charge in [0.05, 0.1) is 5.69 Å². The number of carbonyl (C=O) groups excluding carboxylic acids is 1. The standard InChI is InChI=1S/C10H9NO3/c12-5-6-1-3-8(13)10-7(6)2-4-9(14)11-10/h1-5,9,11,13-14H. The van der Waals surface area contributed by atoms with Gasteiger partial charge >= 0.3 is 0 Å². The topological polar surface area (TPSA) is 69.6 Å². The molecule has 1 aromatic carbocycles. The van der Waals surface area contributed by atoms with Crippen LogP contribution in [0.3, 0.4) is 0 Å². The summed E-state index contributed by atoms with van der Waals surface area (Å²) in [5, 5.41) is 21.4. The van der Waals surface area contributed by atoms with E-state index in [4.69, 9.17) is 0 Å². The van der Waals surface area contributed by atoms with Gasteiger partial charge in [0.25, 0.3) is 0 Å². The molecule has 4 nitrogen and oxygen atoms in total. The van der Waals surface area contributed by atoms with Crippen molar-refractivity contribution in [3.8, 4) is 5.75 Å². The van der Waals surface area contributed by atoms with E-state index >= 15 is 0 Å². The summed E-state index contributed by atoms with van der Waals surface area (Å²) in [6.07, 6.45) is 3.01. The zero-order chi connectivity index (χ0) is 10.1. The Kier molecular flexibility index (Phi) is 1.98. The van der Waals surface area contributed by atoms with Crippen molar-refractivity contribution >= 4 is 18.0 Å². The predicted molar refractivity (Wildman–Crippen MR) is 52.2 cm³/mol. The van der Waals surface area contributed by atoms with Crippen LogP contribution in [0.5, 0.6) is 5.75 Å². The average Bonchev–Trinajstić information content (AvgIpc) is 2.19. The van der Waals surface area contributed by atoms with Crippen molar-refractivity contribution in [1.29, 1.82) is 0 Å². The van der Waals surface area contributed by atoms with E-state index in [-0.39, 0.29) is 5.75 Å². The molecule has 1 heterocycles. The number of phenolic OH excluding ortho intramolecular Hbond substituents is 1. The van der Waals surface area contributed by atoms with E-state index in [2.05, 4.69) is 5.32 Å². The van der Waals surface area contributed by atoms with Gasteiger partial charge in [-0.3, -0.25) is 4.79 Å². The van der Waals surface area contributed by atoms with Gasteiger partial charge in [-0.1, -0.05) is 6.08 Å². The second-order valence-electron chi connectivity index (χ2n) is 3.03. The highest BCUT2D eigenvalue weighted by Gasteiger charge is 2.16. The van der Waals surface area contributed by atoms with Gasteiger partial charge in [-0.2, -0.15) is 0 Å². The van der Waals surface area contributed by atoms with Crippen molar-refractivity contribution in [3.05, 3.63) is 29.3 Å². The fourth-order valence-electron chi connectivity index (χ4n) is 1.44. The van der Waals surface area contributed by atoms with Crippen molar-refractivity contribution in [2.24, 2.45) is 0 Å². The highest BCUT2D eigenvalue weighted by atomic mass is 16.3. The lowest BCUT2D eigenvalue weighted by Gasteiger charge is -2.19. The van der Waals surface area contributed by atoms with Gasteiger partial charge in [0.2, 0.25) is 0 Å². The summed E-state index contributed by atoms with van der Waals surface area (Å²) >= 11 is 0. The molecule has 1 aromatic rings. The number of phenols is 1. The van der Waals surface area contributed by atoms with Crippen LogP contribution in [-0.4, -0.2) is 22.7 Å². The third-order valence-corrected chi connectivity index (χ3v) is 2.12. The van der Waals surface area contributed by atoms with E-state index in [9.17, 15) is 15.0 Å². The number of hydrogen-bond donors (Lipinski definition) is 3. The molecule has 0 saturated carbocycles. The van der Waals surface area contributed by atoms with Crippen molar-refractivity contribution in [2.75, 3.05) is 5.32 Å². The number of nitrogens with one attached hydrogen (secondary N) is 1. The van der Waals surface area contributed by atoms with Crippen molar-refractivity contribution in [2.45, 2.75) is 6.23 Å². The summed E-state index contributed by atoms with van der Waals surface area (Å²) in [6.45, 7) is 0. The summed E-state index contributed by atoms with van der Waals surface area (Å²) < 4.78 is 0. The molecule has 1 aliphatic heterocycles. The van der Waals surface area contributed by atoms with Crippen LogP contribution < -0.4 is 5.32 Å². The van der Waals surface area contributed by atoms with Crippen molar-refractivity contribution < 1.29 is 15.0 Å². The molecule has 3 N–H and O–H groups in total. The molecule has 0 aliphatic carbocycles. The van der Waals surface area contributed by atoms with Crippen LogP contribution in [0.4, 0.5) is 5.69 Å². The molecule has 4 heteroatoms.